The van der Waals surface area contributed by atoms with E-state index in [1.165, 1.54) is 0 Å². The average Bonchev–Trinajstić information content (AvgIpc) is 2.38. The Kier molecular flexibility index (Phi) is 4.35. The maximum Gasteiger partial charge on any atom is 0.161 e. The van der Waals surface area contributed by atoms with Crippen molar-refractivity contribution in [3.63, 3.8) is 0 Å². The Morgan fingerprint density at radius 2 is 1.89 bits per heavy atom. The number of aromatic nitrogens is 2. The molecule has 1 aromatic carbocycles. The van der Waals surface area contributed by atoms with Gasteiger partial charge in [-0.1, -0.05) is 66.2 Å². The molecule has 2 rings (SSSR count). The molecule has 2 aromatic rings. The van der Waals surface area contributed by atoms with E-state index in [9.17, 15) is 0 Å². The van der Waals surface area contributed by atoms with E-state index in [0.29, 0.717) is 21.4 Å². The van der Waals surface area contributed by atoms with E-state index < -0.39 is 0 Å². The molecule has 0 saturated carbocycles. The van der Waals surface area contributed by atoms with Crippen LogP contribution in [0.3, 0.4) is 0 Å². The van der Waals surface area contributed by atoms with Crippen LogP contribution in [-0.4, -0.2) is 9.97 Å². The van der Waals surface area contributed by atoms with E-state index in [1.54, 1.807) is 6.08 Å². The molecule has 0 spiro atoms. The highest BCUT2D eigenvalue weighted by Crippen LogP contribution is 2.12. The van der Waals surface area contributed by atoms with Gasteiger partial charge in [0.05, 0.1) is 5.35 Å². The lowest BCUT2D eigenvalue weighted by Gasteiger charge is -2.02. The van der Waals surface area contributed by atoms with Crippen molar-refractivity contribution >= 4 is 35.4 Å². The summed E-state index contributed by atoms with van der Waals surface area (Å²) in [5.74, 6) is 0.570. The molecule has 4 heteroatoms. The molecule has 19 heavy (non-hydrogen) atoms. The van der Waals surface area contributed by atoms with E-state index in [4.69, 9.17) is 23.2 Å². The van der Waals surface area contributed by atoms with Gasteiger partial charge >= 0.3 is 0 Å². The molecule has 0 saturated heterocycles. The Labute approximate surface area is 121 Å². The van der Waals surface area contributed by atoms with Gasteiger partial charge in [0.1, 0.15) is 5.15 Å². The second-order valence-corrected chi connectivity index (χ2v) is 4.73. The maximum absolute atomic E-state index is 6.19. The molecule has 96 valence electrons. The number of hydrogen-bond donors (Lipinski definition) is 0. The minimum atomic E-state index is 0.400. The Balaban J connectivity index is 2.75. The lowest BCUT2D eigenvalue weighted by atomic mass is 10.2. The average molecular weight is 291 g/mol. The third kappa shape index (κ3) is 3.22. The molecule has 0 aliphatic carbocycles. The molecule has 0 bridgehead atoms. The lowest BCUT2D eigenvalue weighted by molar-refractivity contribution is 1.11. The highest BCUT2D eigenvalue weighted by molar-refractivity contribution is 6.33. The van der Waals surface area contributed by atoms with Crippen LogP contribution in [0, 0.1) is 0 Å². The van der Waals surface area contributed by atoms with Crippen molar-refractivity contribution in [1.29, 1.82) is 0 Å². The normalized spacial score (nSPS) is 12.8. The lowest BCUT2D eigenvalue weighted by Crippen LogP contribution is -2.30. The summed E-state index contributed by atoms with van der Waals surface area (Å²) in [6.45, 7) is 5.53. The molecule has 0 fully saturated rings. The van der Waals surface area contributed by atoms with Gasteiger partial charge in [0.25, 0.3) is 0 Å². The van der Waals surface area contributed by atoms with Crippen LogP contribution in [0.1, 0.15) is 6.92 Å². The molecule has 0 N–H and O–H groups in total. The first-order valence-electron chi connectivity index (χ1n) is 5.73. The van der Waals surface area contributed by atoms with Gasteiger partial charge in [-0.3, -0.25) is 0 Å². The first kappa shape index (κ1) is 13.8. The zero-order chi connectivity index (χ0) is 13.8. The highest BCUT2D eigenvalue weighted by atomic mass is 35.5. The van der Waals surface area contributed by atoms with Crippen molar-refractivity contribution in [2.24, 2.45) is 0 Å². The van der Waals surface area contributed by atoms with Gasteiger partial charge in [-0.2, -0.15) is 0 Å². The second kappa shape index (κ2) is 6.00. The Morgan fingerprint density at radius 3 is 2.47 bits per heavy atom. The number of benzene rings is 1. The maximum atomic E-state index is 6.19. The van der Waals surface area contributed by atoms with Crippen LogP contribution in [0.25, 0.3) is 23.5 Å². The summed E-state index contributed by atoms with van der Waals surface area (Å²) >= 11 is 12.0. The minimum absolute atomic E-state index is 0.400. The van der Waals surface area contributed by atoms with Crippen molar-refractivity contribution < 1.29 is 0 Å². The fraction of sp³-hybridized carbons (Fsp3) is 0.0667. The van der Waals surface area contributed by atoms with Gasteiger partial charge < -0.3 is 0 Å². The number of halogens is 2. The first-order valence-corrected chi connectivity index (χ1v) is 6.49. The third-order valence-electron chi connectivity index (χ3n) is 2.54. The molecule has 1 aromatic heterocycles. The molecular weight excluding hydrogens is 279 g/mol. The molecule has 0 aliphatic rings. The predicted octanol–water partition coefficient (Wildman–Crippen LogP) is 3.13. The summed E-state index contributed by atoms with van der Waals surface area (Å²) in [7, 11) is 0. The zero-order valence-corrected chi connectivity index (χ0v) is 11.9. The minimum Gasteiger partial charge on any atom is -0.228 e. The zero-order valence-electron chi connectivity index (χ0n) is 10.4. The van der Waals surface area contributed by atoms with Crippen LogP contribution in [0.5, 0.6) is 0 Å². The van der Waals surface area contributed by atoms with E-state index in [2.05, 4.69) is 16.5 Å². The van der Waals surface area contributed by atoms with E-state index in [1.807, 2.05) is 43.3 Å². The fourth-order valence-corrected chi connectivity index (χ4v) is 2.09. The van der Waals surface area contributed by atoms with Gasteiger partial charge in [-0.15, -0.1) is 0 Å². The fourth-order valence-electron chi connectivity index (χ4n) is 1.70. The Bertz CT molecular complexity index is 722. The molecule has 1 heterocycles. The summed E-state index contributed by atoms with van der Waals surface area (Å²) in [6.07, 6.45) is 3.53. The summed E-state index contributed by atoms with van der Waals surface area (Å²) in [5.41, 5.74) is 0.905. The summed E-state index contributed by atoms with van der Waals surface area (Å²) in [5, 5.41) is 2.22. The molecule has 0 radical (unpaired) electrons. The van der Waals surface area contributed by atoms with Crippen molar-refractivity contribution in [1.82, 2.24) is 9.97 Å². The monoisotopic (exact) mass is 290 g/mol. The number of rotatable bonds is 2. The quantitative estimate of drug-likeness (QED) is 0.794. The predicted molar refractivity (Wildman–Crippen MR) is 81.3 cm³/mol. The van der Waals surface area contributed by atoms with Gasteiger partial charge in [-0.25, -0.2) is 9.97 Å². The smallest absolute Gasteiger partial charge is 0.161 e. The summed E-state index contributed by atoms with van der Waals surface area (Å²) < 4.78 is 0. The van der Waals surface area contributed by atoms with Crippen molar-refractivity contribution in [3.8, 4) is 11.4 Å². The third-order valence-corrected chi connectivity index (χ3v) is 2.94. The van der Waals surface area contributed by atoms with Gasteiger partial charge in [-0.05, 0) is 13.0 Å². The molecule has 0 atom stereocenters. The van der Waals surface area contributed by atoms with Crippen LogP contribution in [0.2, 0.25) is 5.15 Å². The highest BCUT2D eigenvalue weighted by Gasteiger charge is 2.04. The largest absolute Gasteiger partial charge is 0.228 e. The van der Waals surface area contributed by atoms with Crippen LogP contribution in [-0.2, 0) is 0 Å². The SMILES string of the molecule is C=C(Cl)/C=c1/nc(-c2ccccc2)nc(Cl)/c1=C/C. The number of nitrogens with zero attached hydrogens (tertiary/aromatic N) is 2. The van der Waals surface area contributed by atoms with Crippen LogP contribution in [0.4, 0.5) is 0 Å². The molecule has 0 aliphatic heterocycles. The van der Waals surface area contributed by atoms with Crippen molar-refractivity contribution in [2.45, 2.75) is 6.92 Å². The van der Waals surface area contributed by atoms with Crippen LogP contribution < -0.4 is 10.6 Å². The van der Waals surface area contributed by atoms with Crippen LogP contribution >= 0.6 is 23.2 Å². The van der Waals surface area contributed by atoms with Gasteiger partial charge in [0, 0.05) is 15.8 Å². The van der Waals surface area contributed by atoms with E-state index >= 15 is 0 Å². The first-order chi connectivity index (χ1) is 9.11. The second-order valence-electron chi connectivity index (χ2n) is 3.88. The topological polar surface area (TPSA) is 25.8 Å². The molecule has 2 nitrogen and oxygen atoms in total. The molecule has 0 amide bonds. The van der Waals surface area contributed by atoms with Gasteiger partial charge in [0.15, 0.2) is 5.82 Å². The van der Waals surface area contributed by atoms with Crippen molar-refractivity contribution in [3.05, 3.63) is 57.7 Å². The standard InChI is InChI=1S/C15H12Cl2N2/c1-3-12-13(9-10(2)16)18-15(19-14(12)17)11-7-5-4-6-8-11/h3-9H,2H2,1H3/b12-3+,13-9+. The summed E-state index contributed by atoms with van der Waals surface area (Å²) in [6, 6.07) is 9.65. The van der Waals surface area contributed by atoms with E-state index in [0.717, 1.165) is 10.8 Å². The Morgan fingerprint density at radius 1 is 1.21 bits per heavy atom. The number of allylic oxidation sites excluding steroid dienone is 1. The Hall–Kier alpha value is -1.64. The summed E-state index contributed by atoms with van der Waals surface area (Å²) in [4.78, 5) is 8.80. The van der Waals surface area contributed by atoms with Crippen molar-refractivity contribution in [2.75, 3.05) is 0 Å². The van der Waals surface area contributed by atoms with Crippen LogP contribution in [0.15, 0.2) is 41.9 Å². The van der Waals surface area contributed by atoms with Gasteiger partial charge in [0.2, 0.25) is 0 Å². The molecule has 0 unspecified atom stereocenters. The molecular formula is C15H12Cl2N2. The van der Waals surface area contributed by atoms with E-state index in [-0.39, 0.29) is 0 Å². The number of hydrogen-bond acceptors (Lipinski definition) is 2.